The molecule has 0 aromatic rings. The van der Waals surface area contributed by atoms with Crippen LogP contribution in [0, 0.1) is 0 Å². The molecule has 0 saturated heterocycles. The largest absolute Gasteiger partial charge is 0.316 e. The fraction of sp³-hybridized carbons (Fsp3) is 1.00. The number of nitrogens with one attached hydrogen (secondary N) is 1. The topological polar surface area (TPSA) is 12.0 Å². The van der Waals surface area contributed by atoms with E-state index in [4.69, 9.17) is 11.6 Å². The third-order valence-electron chi connectivity index (χ3n) is 0.358. The van der Waals surface area contributed by atoms with Gasteiger partial charge >= 0.3 is 0 Å². The minimum absolute atomic E-state index is 0. The Kier molecular flexibility index (Phi) is 9.66. The second kappa shape index (κ2) is 6.47. The third-order valence-corrected chi connectivity index (χ3v) is 0.513. The van der Waals surface area contributed by atoms with Crippen LogP contribution in [0.5, 0.6) is 0 Å². The molecule has 0 aliphatic heterocycles. The molecular weight excluding hydrogens is 140 g/mol. The molecule has 0 fully saturated rings. The van der Waals surface area contributed by atoms with Crippen molar-refractivity contribution in [1.82, 2.24) is 5.32 Å². The molecule has 0 aromatic carbocycles. The van der Waals surface area contributed by atoms with Gasteiger partial charge in [0, 0.05) is 6.54 Å². The fourth-order valence-electron chi connectivity index (χ4n) is 0.154. The summed E-state index contributed by atoms with van der Waals surface area (Å²) in [5, 5.41) is 2.56. The zero-order valence-electron chi connectivity index (χ0n) is 3.95. The van der Waals surface area contributed by atoms with Crippen molar-refractivity contribution >= 4 is 24.0 Å². The highest BCUT2D eigenvalue weighted by atomic mass is 35.5. The van der Waals surface area contributed by atoms with E-state index in [1.54, 1.807) is 7.05 Å². The maximum absolute atomic E-state index is 11.4. The average molecular weight is 148 g/mol. The summed E-state index contributed by atoms with van der Waals surface area (Å²) in [6.07, 6.45) is 0. The molecule has 0 spiro atoms. The summed E-state index contributed by atoms with van der Waals surface area (Å²) in [5.41, 5.74) is -1.24. The zero-order chi connectivity index (χ0) is 4.99. The molecule has 1 N–H and O–H groups in total. The van der Waals surface area contributed by atoms with Gasteiger partial charge in [0.25, 0.3) is 0 Å². The molecule has 4 heteroatoms. The van der Waals surface area contributed by atoms with Gasteiger partial charge in [0.2, 0.25) is 0 Å². The molecule has 7 heavy (non-hydrogen) atoms. The Labute approximate surface area is 53.6 Å². The van der Waals surface area contributed by atoms with Gasteiger partial charge in [0.15, 0.2) is 5.63 Å². The zero-order valence-corrected chi connectivity index (χ0v) is 5.52. The standard InChI is InChI=1S/C3H7ClFN.ClH/c1-6-2-3(4)5;/h3,6H,2H2,1H3;1H. The molecule has 1 unspecified atom stereocenters. The first kappa shape index (κ1) is 10.5. The summed E-state index contributed by atoms with van der Waals surface area (Å²) in [5.74, 6) is 0. The summed E-state index contributed by atoms with van der Waals surface area (Å²) in [7, 11) is 1.65. The highest BCUT2D eigenvalue weighted by Crippen LogP contribution is 1.91. The van der Waals surface area contributed by atoms with Crippen LogP contribution in [0.3, 0.4) is 0 Å². The van der Waals surface area contributed by atoms with Gasteiger partial charge in [-0.15, -0.1) is 12.4 Å². The predicted octanol–water partition coefficient (Wildman–Crippen LogP) is 1.16. The molecule has 1 atom stereocenters. The highest BCUT2D eigenvalue weighted by Gasteiger charge is 1.92. The molecule has 0 amide bonds. The van der Waals surface area contributed by atoms with Crippen molar-refractivity contribution in [1.29, 1.82) is 0 Å². The maximum Gasteiger partial charge on any atom is 0.185 e. The number of rotatable bonds is 2. The van der Waals surface area contributed by atoms with E-state index in [2.05, 4.69) is 5.32 Å². The van der Waals surface area contributed by atoms with Gasteiger partial charge in [0.1, 0.15) is 0 Å². The SMILES string of the molecule is CNCC(F)Cl.Cl. The van der Waals surface area contributed by atoms with Gasteiger partial charge in [0.05, 0.1) is 0 Å². The molecule has 1 nitrogen and oxygen atoms in total. The molecular formula is C3H8Cl2FN. The number of alkyl halides is 2. The molecule has 0 aromatic heterocycles. The van der Waals surface area contributed by atoms with Crippen LogP contribution >= 0.6 is 24.0 Å². The van der Waals surface area contributed by atoms with Gasteiger partial charge in [-0.2, -0.15) is 0 Å². The quantitative estimate of drug-likeness (QED) is 0.579. The summed E-state index contributed by atoms with van der Waals surface area (Å²) in [6.45, 7) is 0.224. The van der Waals surface area contributed by atoms with Crippen LogP contribution in [-0.2, 0) is 0 Å². The number of halogens is 3. The molecule has 0 heterocycles. The van der Waals surface area contributed by atoms with Gasteiger partial charge in [-0.1, -0.05) is 11.6 Å². The van der Waals surface area contributed by atoms with E-state index in [-0.39, 0.29) is 19.0 Å². The molecule has 0 saturated carbocycles. The monoisotopic (exact) mass is 147 g/mol. The Balaban J connectivity index is 0. The Hall–Kier alpha value is 0.470. The lowest BCUT2D eigenvalue weighted by Crippen LogP contribution is -2.14. The van der Waals surface area contributed by atoms with Crippen molar-refractivity contribution in [3.63, 3.8) is 0 Å². The van der Waals surface area contributed by atoms with Gasteiger partial charge < -0.3 is 5.32 Å². The van der Waals surface area contributed by atoms with Crippen molar-refractivity contribution in [3.8, 4) is 0 Å². The first-order valence-corrected chi connectivity index (χ1v) is 2.13. The van der Waals surface area contributed by atoms with Gasteiger partial charge in [-0.3, -0.25) is 0 Å². The molecule has 0 aliphatic carbocycles. The van der Waals surface area contributed by atoms with Crippen molar-refractivity contribution < 1.29 is 4.39 Å². The molecule has 0 aliphatic rings. The minimum atomic E-state index is -1.24. The van der Waals surface area contributed by atoms with Crippen LogP contribution in [0.2, 0.25) is 0 Å². The normalized spacial score (nSPS) is 12.4. The van der Waals surface area contributed by atoms with Crippen LogP contribution in [0.15, 0.2) is 0 Å². The maximum atomic E-state index is 11.4. The van der Waals surface area contributed by atoms with Crippen LogP contribution in [0.25, 0.3) is 0 Å². The van der Waals surface area contributed by atoms with Crippen molar-refractivity contribution in [2.24, 2.45) is 0 Å². The molecule has 0 bridgehead atoms. The van der Waals surface area contributed by atoms with Crippen LogP contribution in [0.4, 0.5) is 4.39 Å². The van der Waals surface area contributed by atoms with E-state index in [1.807, 2.05) is 0 Å². The van der Waals surface area contributed by atoms with Crippen LogP contribution < -0.4 is 5.32 Å². The smallest absolute Gasteiger partial charge is 0.185 e. The van der Waals surface area contributed by atoms with Crippen LogP contribution in [-0.4, -0.2) is 19.2 Å². The van der Waals surface area contributed by atoms with E-state index >= 15 is 0 Å². The molecule has 0 radical (unpaired) electrons. The lowest BCUT2D eigenvalue weighted by Gasteiger charge is -1.92. The fourth-order valence-corrected chi connectivity index (χ4v) is 0.309. The van der Waals surface area contributed by atoms with E-state index < -0.39 is 5.63 Å². The Morgan fingerprint density at radius 2 is 2.29 bits per heavy atom. The van der Waals surface area contributed by atoms with E-state index in [9.17, 15) is 4.39 Å². The van der Waals surface area contributed by atoms with Crippen molar-refractivity contribution in [2.45, 2.75) is 5.63 Å². The third kappa shape index (κ3) is 10.7. The molecule has 46 valence electrons. The first-order valence-electron chi connectivity index (χ1n) is 1.70. The summed E-state index contributed by atoms with van der Waals surface area (Å²) < 4.78 is 11.4. The minimum Gasteiger partial charge on any atom is -0.316 e. The summed E-state index contributed by atoms with van der Waals surface area (Å²) in [4.78, 5) is 0. The Bertz CT molecular complexity index is 34.1. The summed E-state index contributed by atoms with van der Waals surface area (Å²) >= 11 is 4.85. The van der Waals surface area contributed by atoms with Gasteiger partial charge in [-0.05, 0) is 7.05 Å². The lowest BCUT2D eigenvalue weighted by molar-refractivity contribution is 0.431. The van der Waals surface area contributed by atoms with Crippen molar-refractivity contribution in [3.05, 3.63) is 0 Å². The lowest BCUT2D eigenvalue weighted by atomic mass is 10.7. The second-order valence-electron chi connectivity index (χ2n) is 0.949. The van der Waals surface area contributed by atoms with Crippen LogP contribution in [0.1, 0.15) is 0 Å². The Morgan fingerprint density at radius 1 is 1.86 bits per heavy atom. The van der Waals surface area contributed by atoms with Gasteiger partial charge in [-0.25, -0.2) is 4.39 Å². The summed E-state index contributed by atoms with van der Waals surface area (Å²) in [6, 6.07) is 0. The first-order chi connectivity index (χ1) is 2.77. The van der Waals surface area contributed by atoms with E-state index in [0.29, 0.717) is 0 Å². The number of hydrogen-bond donors (Lipinski definition) is 1. The second-order valence-corrected chi connectivity index (χ2v) is 1.42. The molecule has 0 rings (SSSR count). The van der Waals surface area contributed by atoms with Crippen molar-refractivity contribution in [2.75, 3.05) is 13.6 Å². The van der Waals surface area contributed by atoms with E-state index in [1.165, 1.54) is 0 Å². The number of hydrogen-bond acceptors (Lipinski definition) is 1. The predicted molar refractivity (Wildman–Crippen MR) is 31.9 cm³/mol. The Morgan fingerprint density at radius 3 is 2.29 bits per heavy atom. The van der Waals surface area contributed by atoms with E-state index in [0.717, 1.165) is 0 Å². The highest BCUT2D eigenvalue weighted by molar-refractivity contribution is 6.19. The average Bonchev–Trinajstić information content (AvgIpc) is 1.35.